The molecule has 0 aliphatic carbocycles. The second-order valence-corrected chi connectivity index (χ2v) is 5.56. The molecule has 1 aliphatic heterocycles. The first-order valence-corrected chi connectivity index (χ1v) is 7.73. The molecule has 0 saturated heterocycles. The van der Waals surface area contributed by atoms with Crippen LogP contribution in [0.15, 0.2) is 41.0 Å². The van der Waals surface area contributed by atoms with E-state index in [4.69, 9.17) is 4.42 Å². The lowest BCUT2D eigenvalue weighted by molar-refractivity contribution is -0.126. The van der Waals surface area contributed by atoms with Crippen LogP contribution in [-0.2, 0) is 9.59 Å². The number of halogens is 1. The first-order valence-electron chi connectivity index (χ1n) is 7.73. The summed E-state index contributed by atoms with van der Waals surface area (Å²) in [4.78, 5) is 35.8. The van der Waals surface area contributed by atoms with Crippen LogP contribution >= 0.6 is 0 Å². The lowest BCUT2D eigenvalue weighted by Gasteiger charge is -2.24. The van der Waals surface area contributed by atoms with E-state index in [-0.39, 0.29) is 43.0 Å². The summed E-state index contributed by atoms with van der Waals surface area (Å²) in [7, 11) is 0. The average molecular weight is 345 g/mol. The predicted molar refractivity (Wildman–Crippen MR) is 86.4 cm³/mol. The zero-order valence-corrected chi connectivity index (χ0v) is 13.2. The van der Waals surface area contributed by atoms with Gasteiger partial charge in [-0.2, -0.15) is 0 Å². The maximum atomic E-state index is 13.3. The van der Waals surface area contributed by atoms with E-state index in [9.17, 15) is 18.8 Å². The molecule has 1 aromatic carbocycles. The van der Waals surface area contributed by atoms with Crippen LogP contribution in [0.5, 0.6) is 0 Å². The number of anilines is 1. The van der Waals surface area contributed by atoms with E-state index < -0.39 is 11.7 Å². The number of fused-ring (bicyclic) bond motifs is 1. The van der Waals surface area contributed by atoms with Crippen molar-refractivity contribution in [3.8, 4) is 0 Å². The Morgan fingerprint density at radius 2 is 2.04 bits per heavy atom. The van der Waals surface area contributed by atoms with E-state index in [2.05, 4.69) is 16.0 Å². The summed E-state index contributed by atoms with van der Waals surface area (Å²) in [5, 5.41) is 7.83. The summed E-state index contributed by atoms with van der Waals surface area (Å²) in [6.45, 7) is 0.403. The Labute approximate surface area is 142 Å². The van der Waals surface area contributed by atoms with E-state index in [0.717, 1.165) is 0 Å². The van der Waals surface area contributed by atoms with E-state index in [1.54, 1.807) is 6.07 Å². The summed E-state index contributed by atoms with van der Waals surface area (Å²) in [6, 6.07) is 7.07. The molecule has 7 nitrogen and oxygen atoms in total. The minimum atomic E-state index is -0.690. The van der Waals surface area contributed by atoms with Crippen molar-refractivity contribution in [3.05, 3.63) is 53.7 Å². The van der Waals surface area contributed by atoms with Crippen molar-refractivity contribution in [3.63, 3.8) is 0 Å². The first-order chi connectivity index (χ1) is 12.0. The van der Waals surface area contributed by atoms with Gasteiger partial charge in [-0.1, -0.05) is 6.07 Å². The lowest BCUT2D eigenvalue weighted by atomic mass is 9.89. The van der Waals surface area contributed by atoms with E-state index in [0.29, 0.717) is 11.3 Å². The van der Waals surface area contributed by atoms with E-state index >= 15 is 0 Å². The molecule has 2 heterocycles. The van der Waals surface area contributed by atoms with Crippen LogP contribution in [0, 0.1) is 5.82 Å². The quantitative estimate of drug-likeness (QED) is 0.713. The third kappa shape index (κ3) is 3.85. The summed E-state index contributed by atoms with van der Waals surface area (Å²) in [6.07, 6.45) is 1.38. The average Bonchev–Trinajstić information content (AvgIpc) is 3.11. The number of furan rings is 1. The minimum Gasteiger partial charge on any atom is -0.459 e. The van der Waals surface area contributed by atoms with Gasteiger partial charge < -0.3 is 20.4 Å². The second-order valence-electron chi connectivity index (χ2n) is 5.56. The highest BCUT2D eigenvalue weighted by atomic mass is 19.1. The summed E-state index contributed by atoms with van der Waals surface area (Å²) >= 11 is 0. The van der Waals surface area contributed by atoms with Crippen molar-refractivity contribution in [2.45, 2.75) is 12.3 Å². The van der Waals surface area contributed by atoms with Gasteiger partial charge in [0, 0.05) is 25.2 Å². The Bertz CT molecular complexity index is 804. The van der Waals surface area contributed by atoms with Crippen LogP contribution in [0.2, 0.25) is 0 Å². The molecule has 0 radical (unpaired) electrons. The topological polar surface area (TPSA) is 100 Å². The largest absolute Gasteiger partial charge is 0.459 e. The Morgan fingerprint density at radius 3 is 2.80 bits per heavy atom. The molecule has 3 rings (SSSR count). The standard InChI is InChI=1S/C17H16FN3O4/c18-10-3-4-11-12(9-15(22)21-13(11)8-10)16(23)19-5-6-20-17(24)14-2-1-7-25-14/h1-4,7-8,12H,5-6,9H2,(H,19,23)(H,20,24)(H,21,22)/t12-/m0/s1. The van der Waals surface area contributed by atoms with Gasteiger partial charge in [0.05, 0.1) is 12.2 Å². The molecular weight excluding hydrogens is 329 g/mol. The Kier molecular flexibility index (Phi) is 4.78. The minimum absolute atomic E-state index is 0.0107. The Morgan fingerprint density at radius 1 is 1.24 bits per heavy atom. The third-order valence-electron chi connectivity index (χ3n) is 3.83. The molecular formula is C17H16FN3O4. The van der Waals surface area contributed by atoms with Crippen LogP contribution in [0.25, 0.3) is 0 Å². The van der Waals surface area contributed by atoms with Crippen molar-refractivity contribution in [1.82, 2.24) is 10.6 Å². The van der Waals surface area contributed by atoms with E-state index in [1.807, 2.05) is 0 Å². The molecule has 2 aromatic rings. The molecule has 3 N–H and O–H groups in total. The highest BCUT2D eigenvalue weighted by Crippen LogP contribution is 2.32. The second kappa shape index (κ2) is 7.16. The van der Waals surface area contributed by atoms with Gasteiger partial charge in [0.2, 0.25) is 11.8 Å². The van der Waals surface area contributed by atoms with Gasteiger partial charge in [-0.25, -0.2) is 4.39 Å². The van der Waals surface area contributed by atoms with Crippen molar-refractivity contribution < 1.29 is 23.2 Å². The number of amides is 3. The molecule has 0 bridgehead atoms. The number of hydrogen-bond donors (Lipinski definition) is 3. The summed E-state index contributed by atoms with van der Waals surface area (Å²) < 4.78 is 18.2. The molecule has 1 aromatic heterocycles. The van der Waals surface area contributed by atoms with Crippen LogP contribution in [-0.4, -0.2) is 30.8 Å². The van der Waals surface area contributed by atoms with Crippen molar-refractivity contribution in [1.29, 1.82) is 0 Å². The van der Waals surface area contributed by atoms with Crippen LogP contribution in [0.4, 0.5) is 10.1 Å². The fraction of sp³-hybridized carbons (Fsp3) is 0.235. The van der Waals surface area contributed by atoms with Gasteiger partial charge in [0.15, 0.2) is 5.76 Å². The molecule has 0 saturated carbocycles. The molecule has 0 fully saturated rings. The monoisotopic (exact) mass is 345 g/mol. The normalized spacial score (nSPS) is 15.9. The highest BCUT2D eigenvalue weighted by molar-refractivity contribution is 6.01. The van der Waals surface area contributed by atoms with Crippen molar-refractivity contribution in [2.75, 3.05) is 18.4 Å². The predicted octanol–water partition coefficient (Wildman–Crippen LogP) is 1.39. The maximum absolute atomic E-state index is 13.3. The van der Waals surface area contributed by atoms with Gasteiger partial charge in [0.1, 0.15) is 5.82 Å². The molecule has 130 valence electrons. The number of nitrogens with one attached hydrogen (secondary N) is 3. The molecule has 0 spiro atoms. The Hall–Kier alpha value is -3.16. The van der Waals surface area contributed by atoms with Crippen LogP contribution < -0.4 is 16.0 Å². The number of carbonyl (C=O) groups excluding carboxylic acids is 3. The number of rotatable bonds is 5. The molecule has 1 atom stereocenters. The molecule has 1 aliphatic rings. The van der Waals surface area contributed by atoms with Gasteiger partial charge in [-0.3, -0.25) is 14.4 Å². The molecule has 8 heteroatoms. The maximum Gasteiger partial charge on any atom is 0.287 e. The fourth-order valence-electron chi connectivity index (χ4n) is 2.65. The Balaban J connectivity index is 1.55. The smallest absolute Gasteiger partial charge is 0.287 e. The van der Waals surface area contributed by atoms with Gasteiger partial charge >= 0.3 is 0 Å². The molecule has 0 unspecified atom stereocenters. The fourth-order valence-corrected chi connectivity index (χ4v) is 2.65. The molecule has 3 amide bonds. The van der Waals surface area contributed by atoms with Crippen LogP contribution in [0.3, 0.4) is 0 Å². The van der Waals surface area contributed by atoms with Crippen LogP contribution in [0.1, 0.15) is 28.5 Å². The number of hydrogen-bond acceptors (Lipinski definition) is 4. The lowest BCUT2D eigenvalue weighted by Crippen LogP contribution is -2.39. The van der Waals surface area contributed by atoms with Crippen molar-refractivity contribution >= 4 is 23.4 Å². The van der Waals surface area contributed by atoms with Gasteiger partial charge in [-0.15, -0.1) is 0 Å². The summed E-state index contributed by atoms with van der Waals surface area (Å²) in [5.74, 6) is -2.06. The highest BCUT2D eigenvalue weighted by Gasteiger charge is 2.30. The summed E-state index contributed by atoms with van der Waals surface area (Å²) in [5.41, 5.74) is 0.876. The van der Waals surface area contributed by atoms with E-state index in [1.165, 1.54) is 30.5 Å². The van der Waals surface area contributed by atoms with Crippen molar-refractivity contribution in [2.24, 2.45) is 0 Å². The van der Waals surface area contributed by atoms with Gasteiger partial charge in [-0.05, 0) is 29.8 Å². The SMILES string of the molecule is O=C1C[C@H](C(=O)NCCNC(=O)c2ccco2)c2ccc(F)cc2N1. The number of benzene rings is 1. The number of carbonyl (C=O) groups is 3. The van der Waals surface area contributed by atoms with Gasteiger partial charge in [0.25, 0.3) is 5.91 Å². The third-order valence-corrected chi connectivity index (χ3v) is 3.83. The zero-order chi connectivity index (χ0) is 17.8. The zero-order valence-electron chi connectivity index (χ0n) is 13.2. The first kappa shape index (κ1) is 16.7. The molecule has 25 heavy (non-hydrogen) atoms.